The van der Waals surface area contributed by atoms with E-state index >= 15 is 0 Å². The number of nitrogens with zero attached hydrogens (tertiary/aromatic N) is 15. The minimum atomic E-state index is -0.876. The van der Waals surface area contributed by atoms with Crippen LogP contribution in [0.4, 0.5) is 28.4 Å². The first-order chi connectivity index (χ1) is 57.5. The van der Waals surface area contributed by atoms with Crippen LogP contribution in [0.2, 0.25) is 0 Å². The highest BCUT2D eigenvalue weighted by Gasteiger charge is 2.45. The monoisotopic (exact) mass is 1630 g/mol. The second kappa shape index (κ2) is 42.1. The number of anilines is 5. The maximum atomic E-state index is 13.2. The fraction of sp³-hybridized carbons (Fsp3) is 0.286. The van der Waals surface area contributed by atoms with E-state index in [1.807, 2.05) is 81.4 Å². The van der Waals surface area contributed by atoms with Crippen molar-refractivity contribution >= 4 is 111 Å². The second-order valence-electron chi connectivity index (χ2n) is 29.5. The number of carbonyl (C=O) groups is 14. The fourth-order valence-electron chi connectivity index (χ4n) is 12.5. The van der Waals surface area contributed by atoms with Gasteiger partial charge in [-0.25, -0.2) is 20.0 Å². The van der Waals surface area contributed by atoms with Gasteiger partial charge in [0, 0.05) is 29.9 Å². The van der Waals surface area contributed by atoms with E-state index in [2.05, 4.69) is 0 Å². The summed E-state index contributed by atoms with van der Waals surface area (Å²) < 4.78 is 0. The molecule has 1 N–H and O–H groups in total. The molecular weight excluding hydrogens is 1540 g/mol. The molecule has 5 aliphatic rings. The number of carbonyl (C=O) groups excluding carboxylic acids is 14. The molecule has 0 atom stereocenters. The van der Waals surface area contributed by atoms with Crippen molar-refractivity contribution in [3.63, 3.8) is 0 Å². The minimum Gasteiger partial charge on any atom is -0.392 e. The molecule has 121 heavy (non-hydrogen) atoms. The quantitative estimate of drug-likeness (QED) is 0.0781. The van der Waals surface area contributed by atoms with E-state index in [1.54, 1.807) is 214 Å². The average molecular weight is 1630 g/mol. The number of unbranched alkanes of at least 4 members (excludes halogenated alkanes) is 1. The number of hydrogen-bond donors (Lipinski definition) is 1. The van der Waals surface area contributed by atoms with Gasteiger partial charge in [0.25, 0.3) is 70.9 Å². The Morgan fingerprint density at radius 1 is 0.397 bits per heavy atom. The zero-order chi connectivity index (χ0) is 89.4. The molecule has 30 nitrogen and oxygen atoms in total. The van der Waals surface area contributed by atoms with Gasteiger partial charge < -0.3 is 5.11 Å². The van der Waals surface area contributed by atoms with Crippen LogP contribution in [0.25, 0.3) is 0 Å². The lowest BCUT2D eigenvalue weighted by molar-refractivity contribution is -0.149. The second-order valence-corrected chi connectivity index (χ2v) is 29.5. The van der Waals surface area contributed by atoms with Crippen molar-refractivity contribution < 1.29 is 72.2 Å². The predicted octanol–water partition coefficient (Wildman–Crippen LogP) is 12.6. The van der Waals surface area contributed by atoms with Crippen LogP contribution >= 0.6 is 0 Å². The van der Waals surface area contributed by atoms with Crippen LogP contribution in [0.3, 0.4) is 0 Å². The SMILES string of the molecule is CC1=C(C#N)C(=O)N(N(C(=O)C(C)(C)C)c2ccc(CO)cc2)C(=O)C1.CC1=C(C#N)C(=O)N(N(C(=O)C(C)C)c2ccccc2)C(=O)C1.CC1=C(C#N)C(=O)N(N(C(=O)c2ccccc2)c2ccc(C)cc2)C(=O)C1.CCCCC(=O)N(c1ccccc1)N1C(=O)CC(C)=C(C#N)C1=O.CCCN(c1ccccc1)N1C(=O)CC(C)=C(C#N)C1=O. The Morgan fingerprint density at radius 2 is 0.702 bits per heavy atom. The molecule has 6 aromatic rings. The first-order valence-electron chi connectivity index (χ1n) is 38.5. The number of rotatable bonds is 18. The van der Waals surface area contributed by atoms with E-state index in [0.717, 1.165) is 69.2 Å². The molecule has 620 valence electrons. The summed E-state index contributed by atoms with van der Waals surface area (Å²) in [6, 6.07) is 57.1. The van der Waals surface area contributed by atoms with Gasteiger partial charge in [-0.05, 0) is 161 Å². The fourth-order valence-corrected chi connectivity index (χ4v) is 12.5. The highest BCUT2D eigenvalue weighted by Crippen LogP contribution is 2.35. The number of aliphatic hydroxyl groups excluding tert-OH is 1. The van der Waals surface area contributed by atoms with E-state index in [4.69, 9.17) is 10.5 Å². The molecular formula is C91H91N15O15. The summed E-state index contributed by atoms with van der Waals surface area (Å²) in [7, 11) is 0. The number of aryl methyl sites for hydroxylation is 1. The van der Waals surface area contributed by atoms with Crippen LogP contribution in [-0.2, 0) is 68.9 Å². The van der Waals surface area contributed by atoms with Crippen molar-refractivity contribution in [1.82, 2.24) is 25.0 Å². The summed E-state index contributed by atoms with van der Waals surface area (Å²) in [6.07, 6.45) is 2.22. The van der Waals surface area contributed by atoms with Crippen LogP contribution in [0.1, 0.15) is 162 Å². The molecule has 14 amide bonds. The normalized spacial score (nSPS) is 14.8. The largest absolute Gasteiger partial charge is 0.392 e. The van der Waals surface area contributed by atoms with Crippen LogP contribution in [0.5, 0.6) is 0 Å². The summed E-state index contributed by atoms with van der Waals surface area (Å²) in [5, 5.41) is 65.3. The number of aliphatic hydroxyl groups is 1. The first-order valence-corrected chi connectivity index (χ1v) is 38.5. The molecule has 0 spiro atoms. The number of para-hydroxylation sites is 3. The van der Waals surface area contributed by atoms with Gasteiger partial charge in [0.05, 0.1) is 67.1 Å². The lowest BCUT2D eigenvalue weighted by Crippen LogP contribution is -2.57. The summed E-state index contributed by atoms with van der Waals surface area (Å²) in [6.45, 7) is 22.5. The third-order valence-electron chi connectivity index (χ3n) is 18.9. The van der Waals surface area contributed by atoms with Crippen LogP contribution in [0.15, 0.2) is 226 Å². The first kappa shape index (κ1) is 93.0. The molecule has 0 fully saturated rings. The van der Waals surface area contributed by atoms with Crippen molar-refractivity contribution in [1.29, 1.82) is 26.3 Å². The third-order valence-corrected chi connectivity index (χ3v) is 18.9. The molecule has 0 saturated heterocycles. The maximum Gasteiger partial charge on any atom is 0.290 e. The molecule has 0 aromatic heterocycles. The van der Waals surface area contributed by atoms with Crippen molar-refractivity contribution in [3.05, 3.63) is 242 Å². The van der Waals surface area contributed by atoms with E-state index in [-0.39, 0.29) is 84.8 Å². The number of amides is 14. The van der Waals surface area contributed by atoms with Crippen LogP contribution < -0.4 is 25.0 Å². The highest BCUT2D eigenvalue weighted by molar-refractivity contribution is 6.20. The Bertz CT molecular complexity index is 5460. The van der Waals surface area contributed by atoms with Gasteiger partial charge in [-0.1, -0.05) is 158 Å². The van der Waals surface area contributed by atoms with Gasteiger partial charge in [0.2, 0.25) is 11.8 Å². The number of nitriles is 5. The van der Waals surface area contributed by atoms with Gasteiger partial charge in [-0.2, -0.15) is 51.4 Å². The van der Waals surface area contributed by atoms with Crippen molar-refractivity contribution in [2.75, 3.05) is 31.6 Å². The van der Waals surface area contributed by atoms with Gasteiger partial charge in [-0.3, -0.25) is 72.1 Å². The topological polar surface area (TPSA) is 411 Å². The van der Waals surface area contributed by atoms with Crippen molar-refractivity contribution in [3.8, 4) is 30.3 Å². The lowest BCUT2D eigenvalue weighted by Gasteiger charge is -2.38. The number of benzene rings is 6. The van der Waals surface area contributed by atoms with Gasteiger partial charge in [0.15, 0.2) is 0 Å². The smallest absolute Gasteiger partial charge is 0.290 e. The average Bonchev–Trinajstić information content (AvgIpc) is 0.776. The molecule has 5 aliphatic heterocycles. The standard InChI is InChI=1S/C21H17N3O3.C19H21N3O4.C18H19N3O3.C17H17N3O3.C16H17N3O2/c1-14-8-10-17(11-9-14)23(20(26)16-6-4-3-5-7-16)24-19(25)12-15(2)18(13-22)21(24)27;1-12-9-16(24)22(17(25)15(12)10-20)21(18(26)19(2,3)4)14-7-5-13(11-23)6-8-14;1-3-4-10-16(22)20(14-8-6-5-7-9-14)21-17(23)11-13(2)15(12-19)18(21)24;1-11(2)16(22)19(13-7-5-4-6-8-13)20-15(21)9-12(3)14(10-18)17(20)23;1-3-9-18(13-7-5-4-6-8-13)19-15(20)10-12(2)14(11-17)16(19)21/h3-11H,12H2,1-2H3;5-8,23H,9,11H2,1-4H3;5-9H,3-4,10-11H2,1-2H3;4-8,11H,9H2,1-3H3;4-8H,3,9-10H2,1-2H3. The zero-order valence-corrected chi connectivity index (χ0v) is 69.4. The summed E-state index contributed by atoms with van der Waals surface area (Å²) in [5.74, 6) is -8.28. The Labute approximate surface area is 701 Å². The molecule has 6 aromatic carbocycles. The Kier molecular flexibility index (Phi) is 32.3. The van der Waals surface area contributed by atoms with E-state index < -0.39 is 82.2 Å². The number of hydrazine groups is 5. The highest BCUT2D eigenvalue weighted by atomic mass is 16.3. The number of imide groups is 5. The van der Waals surface area contributed by atoms with Gasteiger partial charge in [-0.15, -0.1) is 0 Å². The van der Waals surface area contributed by atoms with Crippen molar-refractivity contribution in [2.45, 2.75) is 154 Å². The molecule has 0 radical (unpaired) electrons. The van der Waals surface area contributed by atoms with E-state index in [0.29, 0.717) is 74.7 Å². The summed E-state index contributed by atoms with van der Waals surface area (Å²) in [5.41, 5.74) is 5.11. The van der Waals surface area contributed by atoms with Gasteiger partial charge >= 0.3 is 0 Å². The minimum absolute atomic E-state index is 0.0565. The molecule has 0 unspecified atom stereocenters. The zero-order valence-electron chi connectivity index (χ0n) is 69.4. The van der Waals surface area contributed by atoms with E-state index in [1.165, 1.54) is 0 Å². The third kappa shape index (κ3) is 21.7. The maximum absolute atomic E-state index is 13.2. The molecule has 11 rings (SSSR count). The molecule has 30 heteroatoms. The lowest BCUT2D eigenvalue weighted by atomic mass is 9.94. The Morgan fingerprint density at radius 3 is 1.05 bits per heavy atom. The number of hydrogen-bond acceptors (Lipinski definition) is 21. The van der Waals surface area contributed by atoms with Gasteiger partial charge in [0.1, 0.15) is 58.2 Å². The van der Waals surface area contributed by atoms with Crippen molar-refractivity contribution in [2.24, 2.45) is 11.3 Å². The van der Waals surface area contributed by atoms with Crippen LogP contribution in [-0.4, -0.2) is 119 Å². The predicted molar refractivity (Wildman–Crippen MR) is 444 cm³/mol. The molecule has 0 aliphatic carbocycles. The van der Waals surface area contributed by atoms with E-state index in [9.17, 15) is 88.0 Å². The molecule has 0 bridgehead atoms. The summed E-state index contributed by atoms with van der Waals surface area (Å²) in [4.78, 5) is 177. The Hall–Kier alpha value is -15.2. The molecule has 0 saturated carbocycles. The molecule has 5 heterocycles. The summed E-state index contributed by atoms with van der Waals surface area (Å²) >= 11 is 0. The Balaban J connectivity index is 0.000000209. The van der Waals surface area contributed by atoms with Crippen LogP contribution in [0, 0.1) is 74.9 Å².